The molecular weight excluding hydrogens is 296 g/mol. The predicted molar refractivity (Wildman–Crippen MR) is 83.0 cm³/mol. The molecule has 114 valence electrons. The summed E-state index contributed by atoms with van der Waals surface area (Å²) in [7, 11) is 0. The molecule has 0 bridgehead atoms. The van der Waals surface area contributed by atoms with Gasteiger partial charge in [-0.2, -0.15) is 0 Å². The number of aldehydes is 1. The van der Waals surface area contributed by atoms with Gasteiger partial charge in [-0.1, -0.05) is 6.07 Å². The standard InChI is InChI=1S/C16H12N4O3/c1-17-12-2-3-13-14(8-12)19-20(18-13)15-7-10(4-5-21)6-11(9-22)16(15)23/h2-3,6-9,21,23H,4-5H2. The van der Waals surface area contributed by atoms with Crippen molar-refractivity contribution in [3.05, 3.63) is 52.9 Å². The highest BCUT2D eigenvalue weighted by Crippen LogP contribution is 2.28. The summed E-state index contributed by atoms with van der Waals surface area (Å²) < 4.78 is 0. The molecule has 7 nitrogen and oxygen atoms in total. The summed E-state index contributed by atoms with van der Waals surface area (Å²) in [5, 5.41) is 27.8. The molecular formula is C16H12N4O3. The van der Waals surface area contributed by atoms with Gasteiger partial charge in [-0.15, -0.1) is 15.0 Å². The molecule has 0 atom stereocenters. The van der Waals surface area contributed by atoms with E-state index in [1.54, 1.807) is 24.3 Å². The number of phenolic OH excluding ortho intramolecular Hbond substituents is 1. The van der Waals surface area contributed by atoms with Crippen LogP contribution < -0.4 is 0 Å². The number of carbonyl (C=O) groups is 1. The second-order valence-electron chi connectivity index (χ2n) is 4.92. The lowest BCUT2D eigenvalue weighted by Crippen LogP contribution is -2.03. The Morgan fingerprint density at radius 1 is 1.22 bits per heavy atom. The maximum atomic E-state index is 11.1. The summed E-state index contributed by atoms with van der Waals surface area (Å²) in [5.74, 6) is -0.229. The minimum atomic E-state index is -0.229. The first kappa shape index (κ1) is 14.7. The second-order valence-corrected chi connectivity index (χ2v) is 4.92. The van der Waals surface area contributed by atoms with Crippen LogP contribution in [0.4, 0.5) is 5.69 Å². The van der Waals surface area contributed by atoms with Crippen molar-refractivity contribution in [3.63, 3.8) is 0 Å². The normalized spacial score (nSPS) is 10.6. The van der Waals surface area contributed by atoms with Crippen molar-refractivity contribution in [2.24, 2.45) is 0 Å². The molecule has 0 aliphatic rings. The molecule has 0 unspecified atom stereocenters. The van der Waals surface area contributed by atoms with E-state index in [2.05, 4.69) is 15.0 Å². The summed E-state index contributed by atoms with van der Waals surface area (Å²) >= 11 is 0. The van der Waals surface area contributed by atoms with Gasteiger partial charge in [-0.25, -0.2) is 4.85 Å². The van der Waals surface area contributed by atoms with Gasteiger partial charge in [0.2, 0.25) is 0 Å². The van der Waals surface area contributed by atoms with Gasteiger partial charge >= 0.3 is 0 Å². The van der Waals surface area contributed by atoms with Crippen molar-refractivity contribution in [1.29, 1.82) is 0 Å². The van der Waals surface area contributed by atoms with Crippen molar-refractivity contribution >= 4 is 23.0 Å². The zero-order chi connectivity index (χ0) is 16.4. The molecule has 3 aromatic rings. The molecule has 0 aliphatic heterocycles. The van der Waals surface area contributed by atoms with Crippen LogP contribution in [0.25, 0.3) is 21.6 Å². The summed E-state index contributed by atoms with van der Waals surface area (Å²) in [6.07, 6.45) is 0.886. The molecule has 0 fully saturated rings. The van der Waals surface area contributed by atoms with E-state index in [0.717, 1.165) is 0 Å². The summed E-state index contributed by atoms with van der Waals surface area (Å²) in [4.78, 5) is 15.7. The van der Waals surface area contributed by atoms with Gasteiger partial charge in [-0.05, 0) is 36.2 Å². The number of aliphatic hydroxyl groups is 1. The molecule has 1 aromatic heterocycles. The Morgan fingerprint density at radius 3 is 2.70 bits per heavy atom. The van der Waals surface area contributed by atoms with Gasteiger partial charge in [0.05, 0.1) is 12.1 Å². The van der Waals surface area contributed by atoms with Gasteiger partial charge in [0.25, 0.3) is 0 Å². The van der Waals surface area contributed by atoms with E-state index in [-0.39, 0.29) is 23.6 Å². The number of aliphatic hydroxyl groups excluding tert-OH is 1. The third-order valence-corrected chi connectivity index (χ3v) is 3.41. The van der Waals surface area contributed by atoms with E-state index in [4.69, 9.17) is 11.7 Å². The fourth-order valence-corrected chi connectivity index (χ4v) is 2.30. The number of rotatable bonds is 4. The van der Waals surface area contributed by atoms with E-state index in [0.29, 0.717) is 35.0 Å². The molecule has 2 N–H and O–H groups in total. The molecule has 7 heteroatoms. The molecule has 1 heterocycles. The first-order valence-electron chi connectivity index (χ1n) is 6.83. The van der Waals surface area contributed by atoms with Gasteiger partial charge in [0.1, 0.15) is 16.7 Å². The van der Waals surface area contributed by atoms with E-state index >= 15 is 0 Å². The largest absolute Gasteiger partial charge is 0.505 e. The Bertz CT molecular complexity index is 940. The average Bonchev–Trinajstić information content (AvgIpc) is 2.99. The Hall–Kier alpha value is -3.24. The van der Waals surface area contributed by atoms with Crippen LogP contribution in [-0.2, 0) is 6.42 Å². The number of benzene rings is 2. The van der Waals surface area contributed by atoms with E-state index in [9.17, 15) is 9.90 Å². The van der Waals surface area contributed by atoms with Gasteiger partial charge in [-0.3, -0.25) is 4.79 Å². The first-order chi connectivity index (χ1) is 11.2. The molecule has 3 rings (SSSR count). The van der Waals surface area contributed by atoms with Gasteiger partial charge in [0, 0.05) is 6.61 Å². The highest BCUT2D eigenvalue weighted by atomic mass is 16.3. The lowest BCUT2D eigenvalue weighted by molar-refractivity contribution is 0.112. The first-order valence-corrected chi connectivity index (χ1v) is 6.83. The average molecular weight is 308 g/mol. The fraction of sp³-hybridized carbons (Fsp3) is 0.125. The number of hydrogen-bond donors (Lipinski definition) is 2. The Labute approximate surface area is 131 Å². The number of fused-ring (bicyclic) bond motifs is 1. The van der Waals surface area contributed by atoms with Crippen LogP contribution in [-0.4, -0.2) is 38.1 Å². The quantitative estimate of drug-likeness (QED) is 0.568. The summed E-state index contributed by atoms with van der Waals surface area (Å²) in [5.41, 5.74) is 2.56. The van der Waals surface area contributed by atoms with Crippen molar-refractivity contribution < 1.29 is 15.0 Å². The molecule has 0 aliphatic carbocycles. The molecule has 0 amide bonds. The smallest absolute Gasteiger partial charge is 0.189 e. The minimum absolute atomic E-state index is 0.0780. The van der Waals surface area contributed by atoms with E-state index in [1.807, 2.05) is 0 Å². The lowest BCUT2D eigenvalue weighted by atomic mass is 10.1. The summed E-state index contributed by atoms with van der Waals surface area (Å²) in [6.45, 7) is 6.94. The third kappa shape index (κ3) is 2.63. The SMILES string of the molecule is [C-]#[N+]c1ccc2nn(-c3cc(CCO)cc(C=O)c3O)nc2c1. The van der Waals surface area contributed by atoms with Gasteiger partial charge < -0.3 is 10.2 Å². The van der Waals surface area contributed by atoms with Crippen molar-refractivity contribution in [2.45, 2.75) is 6.42 Å². The molecule has 0 spiro atoms. The van der Waals surface area contributed by atoms with Crippen LogP contribution in [0.3, 0.4) is 0 Å². The lowest BCUT2D eigenvalue weighted by Gasteiger charge is -2.08. The molecule has 2 aromatic carbocycles. The Kier molecular flexibility index (Phi) is 3.75. The van der Waals surface area contributed by atoms with Crippen LogP contribution >= 0.6 is 0 Å². The molecule has 0 saturated carbocycles. The number of phenols is 1. The van der Waals surface area contributed by atoms with Crippen molar-refractivity contribution in [2.75, 3.05) is 6.61 Å². The number of aromatic nitrogens is 3. The van der Waals surface area contributed by atoms with Crippen LogP contribution in [0.2, 0.25) is 0 Å². The van der Waals surface area contributed by atoms with Crippen molar-refractivity contribution in [3.8, 4) is 11.4 Å². The topological polar surface area (TPSA) is 92.6 Å². The molecule has 23 heavy (non-hydrogen) atoms. The summed E-state index contributed by atoms with van der Waals surface area (Å²) in [6, 6.07) is 8.03. The van der Waals surface area contributed by atoms with Gasteiger partial charge in [0.15, 0.2) is 17.7 Å². The predicted octanol–water partition coefficient (Wildman–Crippen LogP) is 2.02. The van der Waals surface area contributed by atoms with E-state index in [1.165, 1.54) is 10.9 Å². The Morgan fingerprint density at radius 2 is 2.00 bits per heavy atom. The van der Waals surface area contributed by atoms with Crippen LogP contribution in [0, 0.1) is 6.57 Å². The zero-order valence-corrected chi connectivity index (χ0v) is 12.0. The monoisotopic (exact) mass is 308 g/mol. The Balaban J connectivity index is 2.19. The van der Waals surface area contributed by atoms with Crippen LogP contribution in [0.1, 0.15) is 15.9 Å². The number of aromatic hydroxyl groups is 1. The van der Waals surface area contributed by atoms with Crippen LogP contribution in [0.5, 0.6) is 5.75 Å². The highest BCUT2D eigenvalue weighted by Gasteiger charge is 2.14. The van der Waals surface area contributed by atoms with Crippen LogP contribution in [0.15, 0.2) is 30.3 Å². The second kappa shape index (κ2) is 5.87. The zero-order valence-electron chi connectivity index (χ0n) is 12.0. The number of carbonyl (C=O) groups excluding carboxylic acids is 1. The number of hydrogen-bond acceptors (Lipinski definition) is 5. The third-order valence-electron chi connectivity index (χ3n) is 3.41. The highest BCUT2D eigenvalue weighted by molar-refractivity contribution is 5.83. The molecule has 0 saturated heterocycles. The maximum absolute atomic E-state index is 11.1. The van der Waals surface area contributed by atoms with E-state index < -0.39 is 0 Å². The fourth-order valence-electron chi connectivity index (χ4n) is 2.30. The minimum Gasteiger partial charge on any atom is -0.505 e. The van der Waals surface area contributed by atoms with Crippen molar-refractivity contribution in [1.82, 2.24) is 15.0 Å². The maximum Gasteiger partial charge on any atom is 0.189 e. The molecule has 0 radical (unpaired) electrons. The number of nitrogens with zero attached hydrogens (tertiary/aromatic N) is 4.